The normalized spacial score (nSPS) is 14.4. The lowest BCUT2D eigenvalue weighted by molar-refractivity contribution is 0.0519. The molecule has 4 aliphatic rings. The number of hydrogen-bond donors (Lipinski definition) is 4. The quantitative estimate of drug-likeness (QED) is 0.0520. The van der Waals surface area contributed by atoms with Gasteiger partial charge in [-0.3, -0.25) is 4.79 Å². The molecule has 2 atom stereocenters. The largest absolute Gasteiger partial charge is 0.461 e. The second kappa shape index (κ2) is 32.0. The number of furan rings is 2. The van der Waals surface area contributed by atoms with Crippen molar-refractivity contribution >= 4 is 60.0 Å². The second-order valence-corrected chi connectivity index (χ2v) is 29.6. The van der Waals surface area contributed by atoms with Crippen molar-refractivity contribution in [3.8, 4) is 68.2 Å². The Bertz CT molecular complexity index is 4480. The van der Waals surface area contributed by atoms with E-state index in [4.69, 9.17) is 48.2 Å². The number of fused-ring (bicyclic) bond motifs is 6. The third-order valence-electron chi connectivity index (χ3n) is 16.8. The molecule has 0 saturated heterocycles. The van der Waals surface area contributed by atoms with E-state index in [1.807, 2.05) is 183 Å². The highest BCUT2D eigenvalue weighted by molar-refractivity contribution is 6.54. The standard InChI is InChI=1S/C37H36N4O5.C31H33N3O4.C8H9NO2.3CH3.Al/c1-4-8-29-34-27(20-41(29)37(43)39-22(2)3)17-28(36(42)38-19-23-13-14-31-33(15-23)45-21-44-31)40-35(34)26-11-7-10-24(16-26)32-18-25-9-5-6-12-30(25)46-32;1-5-10-25-28-23(18-34(25)31(36)32-19(3)4)16-24(30(35)37-6-2)33-29(28)22-13-9-12-20(15-22)27-17-21-11-7-8-14-26(21)38-27;9-4-6-1-2-7-8(3-6)11-5-10-7;;;;/h5-7,9-18,22,29H,4,8,19-21H2,1-3H3,(H,38,42)(H,39,43);7-9,11-17,19,25H,5-6,10,18H2,1-4H3,(H,32,36);1-3H,4-5,9H2;3*1H3;/t29-;25-;;;;;/m11...../s1. The highest BCUT2D eigenvalue weighted by Crippen LogP contribution is 2.46. The van der Waals surface area contributed by atoms with Crippen LogP contribution in [0, 0.1) is 0 Å². The molecule has 0 fully saturated rings. The van der Waals surface area contributed by atoms with Gasteiger partial charge in [0.25, 0.3) is 20.1 Å². The van der Waals surface area contributed by atoms with Crippen molar-refractivity contribution in [1.29, 1.82) is 0 Å². The molecule has 5 N–H and O–H groups in total. The molecule has 6 aromatic carbocycles. The molecule has 20 heteroatoms. The number of rotatable bonds is 16. The van der Waals surface area contributed by atoms with Crippen LogP contribution < -0.4 is 40.6 Å². The number of nitrogens with zero attached hydrogens (tertiary/aromatic N) is 4. The lowest BCUT2D eigenvalue weighted by atomic mass is 9.94. The summed E-state index contributed by atoms with van der Waals surface area (Å²) < 4.78 is 38.8. The van der Waals surface area contributed by atoms with E-state index >= 15 is 0 Å². The van der Waals surface area contributed by atoms with Crippen LogP contribution in [-0.2, 0) is 30.9 Å². The maximum absolute atomic E-state index is 13.7. The Morgan fingerprint density at radius 1 is 0.545 bits per heavy atom. The Hall–Kier alpha value is -10.1. The van der Waals surface area contributed by atoms with Crippen LogP contribution in [0.25, 0.3) is 67.1 Å². The Morgan fingerprint density at radius 3 is 1.45 bits per heavy atom. The van der Waals surface area contributed by atoms with Crippen LogP contribution in [0.2, 0.25) is 17.4 Å². The topological polar surface area (TPSA) is 235 Å². The van der Waals surface area contributed by atoms with Gasteiger partial charge in [-0.1, -0.05) is 112 Å². The Balaban J connectivity index is 0.000000167. The third-order valence-corrected chi connectivity index (χ3v) is 16.8. The van der Waals surface area contributed by atoms with Crippen molar-refractivity contribution in [3.05, 3.63) is 202 Å². The number of pyridine rings is 2. The van der Waals surface area contributed by atoms with Gasteiger partial charge in [-0.15, -0.1) is 17.4 Å². The molecule has 512 valence electrons. The predicted molar refractivity (Wildman–Crippen MR) is 387 cm³/mol. The van der Waals surface area contributed by atoms with Gasteiger partial charge in [0.05, 0.1) is 30.1 Å². The maximum Gasteiger partial charge on any atom is 0.356 e. The number of nitrogens with two attached hydrogens (primary N) is 1. The molecule has 0 spiro atoms. The van der Waals surface area contributed by atoms with Crippen LogP contribution in [0.15, 0.2) is 167 Å². The van der Waals surface area contributed by atoms with Gasteiger partial charge in [0, 0.05) is 82.4 Å². The van der Waals surface area contributed by atoms with Gasteiger partial charge in [-0.2, -0.15) is 0 Å². The summed E-state index contributed by atoms with van der Waals surface area (Å²) in [5.41, 5.74) is 18.3. The molecule has 0 radical (unpaired) electrons. The molecular formula is C79H87AlN8O11. The van der Waals surface area contributed by atoms with E-state index in [-0.39, 0.29) is 75.4 Å². The molecule has 4 aliphatic heterocycles. The fourth-order valence-corrected chi connectivity index (χ4v) is 12.5. The maximum atomic E-state index is 13.7. The van der Waals surface area contributed by atoms with Crippen LogP contribution in [0.4, 0.5) is 9.59 Å². The number of nitrogens with one attached hydrogen (secondary N) is 3. The van der Waals surface area contributed by atoms with Crippen molar-refractivity contribution < 1.29 is 51.7 Å². The highest BCUT2D eigenvalue weighted by Gasteiger charge is 2.39. The number of carbonyl (C=O) groups excluding carboxylic acids is 4. The van der Waals surface area contributed by atoms with Crippen LogP contribution in [0.5, 0.6) is 23.0 Å². The number of para-hydroxylation sites is 2. The number of aromatic nitrogens is 2. The fourth-order valence-electron chi connectivity index (χ4n) is 12.5. The van der Waals surface area contributed by atoms with Gasteiger partial charge >= 0.3 is 18.0 Å². The van der Waals surface area contributed by atoms with Crippen molar-refractivity contribution in [2.24, 2.45) is 5.73 Å². The van der Waals surface area contributed by atoms with E-state index < -0.39 is 5.97 Å². The molecule has 5 amide bonds. The van der Waals surface area contributed by atoms with Gasteiger partial charge < -0.3 is 64.0 Å². The van der Waals surface area contributed by atoms with E-state index in [0.29, 0.717) is 61.6 Å². The number of carbonyl (C=O) groups is 4. The average Bonchev–Trinajstić information content (AvgIpc) is 1.63. The predicted octanol–water partition coefficient (Wildman–Crippen LogP) is 17.0. The molecule has 4 aromatic heterocycles. The molecule has 0 saturated carbocycles. The Kier molecular flexibility index (Phi) is 22.7. The zero-order chi connectivity index (χ0) is 69.9. The number of esters is 1. The third kappa shape index (κ3) is 16.5. The minimum Gasteiger partial charge on any atom is -0.461 e. The summed E-state index contributed by atoms with van der Waals surface area (Å²) in [4.78, 5) is 66.6. The SMILES string of the molecule is CCC[C@@H]1c2c(cc(C(=O)NCc3ccc4c(c3)OCO4)nc2-c2cccc(-c3cc4ccccc4o3)c2)CN1C(=O)NC(C)C.CCC[C@@H]1c2c(cc(C(=O)OCC)nc2-c2cccc(-c3cc4ccccc4o3)c2)CN1C(=O)NC(C)C.NCc1ccc2c(c1)OCO2.[CH3][Al]([CH3])[CH3]. The summed E-state index contributed by atoms with van der Waals surface area (Å²) >= 11 is -0.139. The summed E-state index contributed by atoms with van der Waals surface area (Å²) in [5.74, 6) is 10.6. The number of benzene rings is 6. The van der Waals surface area contributed by atoms with Crippen LogP contribution in [-0.4, -0.2) is 90.1 Å². The number of ether oxygens (including phenoxy) is 5. The minimum atomic E-state index is -0.470. The fraction of sp³-hybridized carbons (Fsp3) is 0.316. The Morgan fingerprint density at radius 2 is 0.990 bits per heavy atom. The Labute approximate surface area is 582 Å². The monoisotopic (exact) mass is 1350 g/mol. The van der Waals surface area contributed by atoms with Crippen molar-refractivity contribution in [3.63, 3.8) is 0 Å². The molecule has 14 rings (SSSR count). The second-order valence-electron chi connectivity index (χ2n) is 26.1. The molecule has 0 unspecified atom stereocenters. The van der Waals surface area contributed by atoms with Crippen LogP contribution in [0.3, 0.4) is 0 Å². The minimum absolute atomic E-state index is 0.00547. The van der Waals surface area contributed by atoms with Gasteiger partial charge in [-0.25, -0.2) is 24.4 Å². The molecule has 8 heterocycles. The lowest BCUT2D eigenvalue weighted by Gasteiger charge is -2.27. The number of hydrogen-bond acceptors (Lipinski definition) is 14. The zero-order valence-corrected chi connectivity index (χ0v) is 59.2. The van der Waals surface area contributed by atoms with Gasteiger partial charge in [0.15, 0.2) is 23.0 Å². The van der Waals surface area contributed by atoms with Crippen molar-refractivity contribution in [2.45, 2.75) is 142 Å². The molecule has 0 aliphatic carbocycles. The first-order valence-electron chi connectivity index (χ1n) is 34.2. The van der Waals surface area contributed by atoms with E-state index in [1.165, 1.54) is 0 Å². The average molecular weight is 1350 g/mol. The summed E-state index contributed by atoms with van der Waals surface area (Å²) in [6, 6.07) is 50.3. The first kappa shape index (κ1) is 70.2. The molecule has 19 nitrogen and oxygen atoms in total. The molecule has 99 heavy (non-hydrogen) atoms. The number of amides is 5. The summed E-state index contributed by atoms with van der Waals surface area (Å²) in [6.07, 6.45) is 3.33. The van der Waals surface area contributed by atoms with Gasteiger partial charge in [-0.05, 0) is 143 Å². The first-order chi connectivity index (χ1) is 47.9. The smallest absolute Gasteiger partial charge is 0.356 e. The zero-order valence-electron chi connectivity index (χ0n) is 58.0. The van der Waals surface area contributed by atoms with Crippen LogP contribution >= 0.6 is 0 Å². The van der Waals surface area contributed by atoms with Crippen LogP contribution in [0.1, 0.15) is 141 Å². The lowest BCUT2D eigenvalue weighted by Crippen LogP contribution is -2.42. The van der Waals surface area contributed by atoms with E-state index in [9.17, 15) is 19.2 Å². The van der Waals surface area contributed by atoms with E-state index in [2.05, 4.69) is 53.2 Å². The molecule has 10 aromatic rings. The highest BCUT2D eigenvalue weighted by atomic mass is 27.2. The van der Waals surface area contributed by atoms with E-state index in [0.717, 1.165) is 126 Å². The van der Waals surface area contributed by atoms with Crippen molar-refractivity contribution in [2.75, 3.05) is 20.2 Å². The van der Waals surface area contributed by atoms with Crippen molar-refractivity contribution in [1.82, 2.24) is 35.7 Å². The molecular weight excluding hydrogens is 1260 g/mol. The van der Waals surface area contributed by atoms with Gasteiger partial charge in [0.2, 0.25) is 13.6 Å². The van der Waals surface area contributed by atoms with E-state index in [1.54, 1.807) is 13.0 Å². The summed E-state index contributed by atoms with van der Waals surface area (Å²) in [7, 11) is 0. The van der Waals surface area contributed by atoms with Gasteiger partial charge in [0.1, 0.15) is 34.1 Å². The summed E-state index contributed by atoms with van der Waals surface area (Å²) in [5, 5.41) is 11.2. The molecule has 0 bridgehead atoms. The number of urea groups is 2. The summed E-state index contributed by atoms with van der Waals surface area (Å²) in [6.45, 7) is 16.2. The first-order valence-corrected chi connectivity index (χ1v) is 37.7.